The van der Waals surface area contributed by atoms with E-state index < -0.39 is 0 Å². The summed E-state index contributed by atoms with van der Waals surface area (Å²) in [5.74, 6) is 0. The molecular formula is C42H37ClIN2+. The van der Waals surface area contributed by atoms with Gasteiger partial charge in [0.25, 0.3) is 0 Å². The lowest BCUT2D eigenvalue weighted by Gasteiger charge is -2.23. The fraction of sp³-hybridized carbons (Fsp3) is 0.190. The lowest BCUT2D eigenvalue weighted by molar-refractivity contribution is -0.430. The zero-order valence-corrected chi connectivity index (χ0v) is 29.5. The molecule has 0 spiro atoms. The Balaban J connectivity index is 1.29. The van der Waals surface area contributed by atoms with E-state index in [2.05, 4.69) is 131 Å². The SMILES string of the molecule is CCn1c(=CC=C2CCCC(C=CC3=[N+](CC)c4ccc(C)c5cccc3c45)=C2C2=IC=CC=C2)c2cccc3c(Cl)ccc1c32. The summed E-state index contributed by atoms with van der Waals surface area (Å²) in [5, 5.41) is 8.51. The summed E-state index contributed by atoms with van der Waals surface area (Å²) in [6.45, 7) is 8.58. The van der Waals surface area contributed by atoms with Crippen molar-refractivity contribution in [1.82, 2.24) is 4.57 Å². The van der Waals surface area contributed by atoms with E-state index in [1.54, 1.807) is 0 Å². The summed E-state index contributed by atoms with van der Waals surface area (Å²) in [6, 6.07) is 22.1. The molecule has 4 heteroatoms. The zero-order chi connectivity index (χ0) is 31.4. The molecule has 0 N–H and O–H groups in total. The Morgan fingerprint density at radius 1 is 0.870 bits per heavy atom. The van der Waals surface area contributed by atoms with Crippen LogP contribution < -0.4 is 5.35 Å². The number of rotatable bonds is 6. The van der Waals surface area contributed by atoms with Crippen LogP contribution in [0.2, 0.25) is 5.02 Å². The Kier molecular flexibility index (Phi) is 7.78. The van der Waals surface area contributed by atoms with Crippen LogP contribution in [0.5, 0.6) is 0 Å². The second kappa shape index (κ2) is 12.1. The molecule has 0 radical (unpaired) electrons. The highest BCUT2D eigenvalue weighted by Gasteiger charge is 2.30. The number of benzene rings is 4. The maximum atomic E-state index is 6.66. The van der Waals surface area contributed by atoms with Crippen molar-refractivity contribution in [1.29, 1.82) is 0 Å². The molecule has 5 aromatic rings. The van der Waals surface area contributed by atoms with Crippen molar-refractivity contribution in [2.75, 3.05) is 6.54 Å². The molecule has 0 amide bonds. The number of aromatic nitrogens is 1. The Hall–Kier alpha value is -3.80. The maximum absolute atomic E-state index is 6.66. The minimum atomic E-state index is -0.187. The third-order valence-electron chi connectivity index (χ3n) is 9.81. The molecule has 46 heavy (non-hydrogen) atoms. The summed E-state index contributed by atoms with van der Waals surface area (Å²) in [6.07, 6.45) is 19.8. The van der Waals surface area contributed by atoms with Gasteiger partial charge in [0.05, 0.1) is 10.9 Å². The van der Waals surface area contributed by atoms with Crippen LogP contribution in [0.15, 0.2) is 118 Å². The van der Waals surface area contributed by atoms with Crippen molar-refractivity contribution in [2.45, 2.75) is 46.6 Å². The molecule has 0 saturated heterocycles. The highest BCUT2D eigenvalue weighted by molar-refractivity contribution is 14.2. The van der Waals surface area contributed by atoms with Crippen molar-refractivity contribution in [3.63, 3.8) is 0 Å². The van der Waals surface area contributed by atoms with Crippen molar-refractivity contribution in [3.8, 4) is 0 Å². The van der Waals surface area contributed by atoms with E-state index in [4.69, 9.17) is 11.6 Å². The van der Waals surface area contributed by atoms with Gasteiger partial charge in [-0.2, -0.15) is 4.58 Å². The lowest BCUT2D eigenvalue weighted by Crippen LogP contribution is -2.15. The van der Waals surface area contributed by atoms with Crippen molar-refractivity contribution < 1.29 is 4.58 Å². The van der Waals surface area contributed by atoms with E-state index >= 15 is 0 Å². The summed E-state index contributed by atoms with van der Waals surface area (Å²) >= 11 is 6.47. The van der Waals surface area contributed by atoms with Gasteiger partial charge in [0.2, 0.25) is 11.4 Å². The summed E-state index contributed by atoms with van der Waals surface area (Å²) < 4.78 is 8.85. The van der Waals surface area contributed by atoms with E-state index in [0.717, 1.165) is 42.8 Å². The van der Waals surface area contributed by atoms with Gasteiger partial charge in [0.1, 0.15) is 6.54 Å². The van der Waals surface area contributed by atoms with Crippen LogP contribution in [0.1, 0.15) is 44.2 Å². The summed E-state index contributed by atoms with van der Waals surface area (Å²) in [7, 11) is 0. The first kappa shape index (κ1) is 29.6. The smallest absolute Gasteiger partial charge is 0.214 e. The van der Waals surface area contributed by atoms with Gasteiger partial charge in [-0.25, -0.2) is 0 Å². The van der Waals surface area contributed by atoms with E-state index in [1.165, 1.54) is 75.2 Å². The van der Waals surface area contributed by atoms with Gasteiger partial charge in [-0.3, -0.25) is 0 Å². The molecule has 0 atom stereocenters. The Morgan fingerprint density at radius 2 is 1.72 bits per heavy atom. The number of allylic oxidation sites excluding steroid dienone is 9. The molecule has 3 heterocycles. The molecule has 8 rings (SSSR count). The van der Waals surface area contributed by atoms with Crippen molar-refractivity contribution >= 4 is 85.8 Å². The standard InChI is InChI=1S/C42H37ClIN2/c1-4-45-36(32-15-9-13-30-27(3)18-22-38(45)41(30)32)23-19-28-11-8-12-29(40(28)35-17-6-7-26-44-35)20-24-37-33-16-10-14-31-34(43)21-25-39(42(31)33)46(37)5-2/h6-7,9-10,13-26H,4-5,8,11-12H2,1-3H3/q+1. The molecule has 228 valence electrons. The highest BCUT2D eigenvalue weighted by Crippen LogP contribution is 2.39. The Bertz CT molecular complexity index is 2370. The molecule has 0 fully saturated rings. The summed E-state index contributed by atoms with van der Waals surface area (Å²) in [5.41, 5.74) is 11.0. The second-order valence-electron chi connectivity index (χ2n) is 12.3. The zero-order valence-electron chi connectivity index (χ0n) is 26.6. The molecule has 2 aliphatic heterocycles. The van der Waals surface area contributed by atoms with Crippen LogP contribution in [0, 0.1) is 6.92 Å². The molecule has 1 aromatic heterocycles. The van der Waals surface area contributed by atoms with E-state index in [0.29, 0.717) is 0 Å². The molecule has 0 unspecified atom stereocenters. The average molecular weight is 732 g/mol. The predicted molar refractivity (Wildman–Crippen MR) is 208 cm³/mol. The monoisotopic (exact) mass is 731 g/mol. The van der Waals surface area contributed by atoms with E-state index in [9.17, 15) is 0 Å². The van der Waals surface area contributed by atoms with Crippen LogP contribution >= 0.6 is 32.3 Å². The third-order valence-corrected chi connectivity index (χ3v) is 12.5. The van der Waals surface area contributed by atoms with Gasteiger partial charge < -0.3 is 4.57 Å². The topological polar surface area (TPSA) is 7.94 Å². The normalized spacial score (nSPS) is 18.0. The number of hydrogen-bond acceptors (Lipinski definition) is 0. The van der Waals surface area contributed by atoms with Crippen molar-refractivity contribution in [3.05, 3.63) is 139 Å². The van der Waals surface area contributed by atoms with Gasteiger partial charge in [-0.05, 0) is 102 Å². The Morgan fingerprint density at radius 3 is 2.54 bits per heavy atom. The summed E-state index contributed by atoms with van der Waals surface area (Å²) in [4.78, 5) is 0. The van der Waals surface area contributed by atoms with Gasteiger partial charge >= 0.3 is 0 Å². The van der Waals surface area contributed by atoms with E-state index in [1.807, 2.05) is 6.07 Å². The number of halogens is 2. The van der Waals surface area contributed by atoms with E-state index in [-0.39, 0.29) is 20.7 Å². The minimum absolute atomic E-state index is 0.187. The Labute approximate surface area is 285 Å². The van der Waals surface area contributed by atoms with Crippen LogP contribution in [-0.2, 0) is 6.54 Å². The van der Waals surface area contributed by atoms with Gasteiger partial charge in [-0.15, -0.1) is 0 Å². The second-order valence-corrected chi connectivity index (χ2v) is 15.2. The molecule has 2 nitrogen and oxygen atoms in total. The van der Waals surface area contributed by atoms with Gasteiger partial charge in [-0.1, -0.05) is 93.0 Å². The first-order valence-corrected chi connectivity index (χ1v) is 19.1. The maximum Gasteiger partial charge on any atom is 0.214 e. The number of aryl methyl sites for hydroxylation is 2. The van der Waals surface area contributed by atoms with Crippen LogP contribution in [0.3, 0.4) is 0 Å². The fourth-order valence-electron chi connectivity index (χ4n) is 7.74. The molecule has 3 aliphatic rings. The van der Waals surface area contributed by atoms with Gasteiger partial charge in [0.15, 0.2) is 0 Å². The first-order valence-electron chi connectivity index (χ1n) is 16.4. The molecule has 0 bridgehead atoms. The minimum Gasteiger partial charge on any atom is -0.341 e. The lowest BCUT2D eigenvalue weighted by atomic mass is 9.84. The molecule has 1 aliphatic carbocycles. The molecular weight excluding hydrogens is 695 g/mol. The largest absolute Gasteiger partial charge is 0.341 e. The molecule has 4 aromatic carbocycles. The molecule has 0 saturated carbocycles. The van der Waals surface area contributed by atoms with Gasteiger partial charge in [0, 0.05) is 54.2 Å². The fourth-order valence-corrected chi connectivity index (χ4v) is 10.2. The predicted octanol–water partition coefficient (Wildman–Crippen LogP) is 10.8. The highest BCUT2D eigenvalue weighted by atomic mass is 127. The van der Waals surface area contributed by atoms with Crippen LogP contribution in [0.4, 0.5) is 5.69 Å². The van der Waals surface area contributed by atoms with Crippen LogP contribution in [-0.4, -0.2) is 24.9 Å². The number of hydrogen-bond donors (Lipinski definition) is 0. The van der Waals surface area contributed by atoms with Crippen LogP contribution in [0.25, 0.3) is 38.5 Å². The average Bonchev–Trinajstić information content (AvgIpc) is 3.58. The van der Waals surface area contributed by atoms with Crippen molar-refractivity contribution in [2.24, 2.45) is 0 Å². The number of nitrogens with zero attached hydrogens (tertiary/aromatic N) is 2. The first-order chi connectivity index (χ1) is 22.6. The quantitative estimate of drug-likeness (QED) is 0.121. The third kappa shape index (κ3) is 4.74.